The summed E-state index contributed by atoms with van der Waals surface area (Å²) >= 11 is 1.80. The lowest BCUT2D eigenvalue weighted by atomic mass is 10.3. The van der Waals surface area contributed by atoms with Gasteiger partial charge in [-0.3, -0.25) is 0 Å². The molecule has 0 spiro atoms. The highest BCUT2D eigenvalue weighted by Crippen LogP contribution is 2.11. The van der Waals surface area contributed by atoms with Gasteiger partial charge in [0, 0.05) is 24.9 Å². The molecule has 0 bridgehead atoms. The fraction of sp³-hybridized carbons (Fsp3) is 0.786. The molecule has 18 heavy (non-hydrogen) atoms. The van der Waals surface area contributed by atoms with Gasteiger partial charge < -0.3 is 10.2 Å². The van der Waals surface area contributed by atoms with E-state index in [-0.39, 0.29) is 0 Å². The maximum absolute atomic E-state index is 4.68. The lowest BCUT2D eigenvalue weighted by molar-refractivity contribution is 0.308. The van der Waals surface area contributed by atoms with Crippen LogP contribution in [0, 0.1) is 0 Å². The monoisotopic (exact) mass is 269 g/mol. The van der Waals surface area contributed by atoms with Gasteiger partial charge in [-0.2, -0.15) is 0 Å². The van der Waals surface area contributed by atoms with E-state index in [4.69, 9.17) is 0 Å². The van der Waals surface area contributed by atoms with Gasteiger partial charge in [-0.05, 0) is 26.1 Å². The van der Waals surface area contributed by atoms with Crippen molar-refractivity contribution in [1.29, 1.82) is 0 Å². The summed E-state index contributed by atoms with van der Waals surface area (Å²) in [6.07, 6.45) is 3.58. The van der Waals surface area contributed by atoms with E-state index in [0.29, 0.717) is 0 Å². The first kappa shape index (κ1) is 15.6. The molecule has 0 aliphatic heterocycles. The van der Waals surface area contributed by atoms with Crippen molar-refractivity contribution in [2.45, 2.75) is 46.6 Å². The molecule has 0 saturated heterocycles. The third kappa shape index (κ3) is 5.94. The van der Waals surface area contributed by atoms with Gasteiger partial charge in [-0.25, -0.2) is 4.98 Å². The van der Waals surface area contributed by atoms with E-state index in [1.54, 1.807) is 11.3 Å². The van der Waals surface area contributed by atoms with Gasteiger partial charge >= 0.3 is 0 Å². The Hall–Kier alpha value is -0.450. The van der Waals surface area contributed by atoms with Gasteiger partial charge in [0.2, 0.25) is 0 Å². The number of rotatable bonds is 10. The lowest BCUT2D eigenvalue weighted by Gasteiger charge is -2.16. The smallest absolute Gasteiger partial charge is 0.0941 e. The summed E-state index contributed by atoms with van der Waals surface area (Å²) in [5, 5.41) is 6.90. The van der Waals surface area contributed by atoms with Crippen LogP contribution in [-0.4, -0.2) is 36.1 Å². The zero-order valence-corrected chi connectivity index (χ0v) is 12.9. The Morgan fingerprint density at radius 1 is 1.28 bits per heavy atom. The molecule has 0 atom stereocenters. The SMILES string of the molecule is CCCCNCc1csc(CCN(CC)CC)n1. The van der Waals surface area contributed by atoms with Gasteiger partial charge in [-0.1, -0.05) is 27.2 Å². The number of unbranched alkanes of at least 4 members (excludes halogenated alkanes) is 1. The standard InChI is InChI=1S/C14H27N3S/c1-4-7-9-15-11-13-12-18-14(16-13)8-10-17(5-2)6-3/h12,15H,4-11H2,1-3H3. The average Bonchev–Trinajstić information content (AvgIpc) is 2.84. The van der Waals surface area contributed by atoms with E-state index in [0.717, 1.165) is 39.1 Å². The number of aromatic nitrogens is 1. The minimum absolute atomic E-state index is 0.918. The van der Waals surface area contributed by atoms with Crippen molar-refractivity contribution >= 4 is 11.3 Å². The molecule has 4 heteroatoms. The summed E-state index contributed by atoms with van der Waals surface area (Å²) in [4.78, 5) is 7.12. The van der Waals surface area contributed by atoms with Gasteiger partial charge in [0.25, 0.3) is 0 Å². The lowest BCUT2D eigenvalue weighted by Crippen LogP contribution is -2.25. The van der Waals surface area contributed by atoms with Crippen molar-refractivity contribution in [3.8, 4) is 0 Å². The zero-order chi connectivity index (χ0) is 13.2. The second-order valence-corrected chi connectivity index (χ2v) is 5.48. The van der Waals surface area contributed by atoms with Crippen LogP contribution in [0.15, 0.2) is 5.38 Å². The largest absolute Gasteiger partial charge is 0.311 e. The molecule has 0 unspecified atom stereocenters. The van der Waals surface area contributed by atoms with E-state index < -0.39 is 0 Å². The maximum Gasteiger partial charge on any atom is 0.0941 e. The molecular formula is C14H27N3S. The van der Waals surface area contributed by atoms with Gasteiger partial charge in [0.15, 0.2) is 0 Å². The number of nitrogens with zero attached hydrogens (tertiary/aromatic N) is 2. The summed E-state index contributed by atoms with van der Waals surface area (Å²) in [6.45, 7) is 12.1. The first-order chi connectivity index (χ1) is 8.80. The predicted octanol–water partition coefficient (Wildman–Crippen LogP) is 2.92. The summed E-state index contributed by atoms with van der Waals surface area (Å²) < 4.78 is 0. The number of hydrogen-bond acceptors (Lipinski definition) is 4. The Morgan fingerprint density at radius 3 is 2.72 bits per heavy atom. The van der Waals surface area contributed by atoms with Crippen molar-refractivity contribution in [3.63, 3.8) is 0 Å². The fourth-order valence-electron chi connectivity index (χ4n) is 1.86. The quantitative estimate of drug-likeness (QED) is 0.662. The molecule has 0 aromatic carbocycles. The third-order valence-corrected chi connectivity index (χ3v) is 4.11. The van der Waals surface area contributed by atoms with Crippen molar-refractivity contribution in [3.05, 3.63) is 16.1 Å². The van der Waals surface area contributed by atoms with E-state index >= 15 is 0 Å². The molecule has 104 valence electrons. The van der Waals surface area contributed by atoms with Crippen LogP contribution >= 0.6 is 11.3 Å². The summed E-state index contributed by atoms with van der Waals surface area (Å²) in [7, 11) is 0. The molecule has 0 fully saturated rings. The van der Waals surface area contributed by atoms with Crippen LogP contribution in [0.25, 0.3) is 0 Å². The van der Waals surface area contributed by atoms with Gasteiger partial charge in [0.1, 0.15) is 0 Å². The van der Waals surface area contributed by atoms with Crippen molar-refractivity contribution < 1.29 is 0 Å². The molecule has 1 heterocycles. The van der Waals surface area contributed by atoms with Crippen LogP contribution < -0.4 is 5.32 Å². The van der Waals surface area contributed by atoms with Crippen LogP contribution in [-0.2, 0) is 13.0 Å². The van der Waals surface area contributed by atoms with Crippen molar-refractivity contribution in [2.24, 2.45) is 0 Å². The van der Waals surface area contributed by atoms with Gasteiger partial charge in [-0.15, -0.1) is 11.3 Å². The maximum atomic E-state index is 4.68. The topological polar surface area (TPSA) is 28.2 Å². The Balaban J connectivity index is 2.25. The van der Waals surface area contributed by atoms with E-state index in [9.17, 15) is 0 Å². The molecule has 1 rings (SSSR count). The van der Waals surface area contributed by atoms with Crippen molar-refractivity contribution in [1.82, 2.24) is 15.2 Å². The summed E-state index contributed by atoms with van der Waals surface area (Å²) in [5.74, 6) is 0. The number of hydrogen-bond donors (Lipinski definition) is 1. The molecule has 0 aliphatic carbocycles. The molecule has 1 aromatic heterocycles. The minimum Gasteiger partial charge on any atom is -0.311 e. The third-order valence-electron chi connectivity index (χ3n) is 3.15. The van der Waals surface area contributed by atoms with E-state index in [1.807, 2.05) is 0 Å². The van der Waals surface area contributed by atoms with E-state index in [2.05, 4.69) is 41.4 Å². The van der Waals surface area contributed by atoms with Crippen LogP contribution in [0.1, 0.15) is 44.3 Å². The fourth-order valence-corrected chi connectivity index (χ4v) is 2.64. The van der Waals surface area contributed by atoms with Crippen molar-refractivity contribution in [2.75, 3.05) is 26.2 Å². The highest BCUT2D eigenvalue weighted by atomic mass is 32.1. The van der Waals surface area contributed by atoms with Crippen LogP contribution in [0.2, 0.25) is 0 Å². The molecule has 0 radical (unpaired) electrons. The molecule has 3 nitrogen and oxygen atoms in total. The second kappa shape index (κ2) is 9.48. The molecular weight excluding hydrogens is 242 g/mol. The Bertz CT molecular complexity index is 308. The minimum atomic E-state index is 0.918. The Labute approximate surface area is 116 Å². The number of thiazole rings is 1. The van der Waals surface area contributed by atoms with Crippen LogP contribution in [0.3, 0.4) is 0 Å². The summed E-state index contributed by atoms with van der Waals surface area (Å²) in [6, 6.07) is 0. The van der Waals surface area contributed by atoms with E-state index in [1.165, 1.54) is 23.5 Å². The predicted molar refractivity (Wildman–Crippen MR) is 80.2 cm³/mol. The first-order valence-corrected chi connectivity index (χ1v) is 8.04. The normalized spacial score (nSPS) is 11.3. The first-order valence-electron chi connectivity index (χ1n) is 7.16. The molecule has 0 aliphatic rings. The molecule has 0 saturated carbocycles. The van der Waals surface area contributed by atoms with Gasteiger partial charge in [0.05, 0.1) is 10.7 Å². The van der Waals surface area contributed by atoms with Crippen LogP contribution in [0.4, 0.5) is 0 Å². The Morgan fingerprint density at radius 2 is 2.06 bits per heavy atom. The number of likely N-dealkylation sites (N-methyl/N-ethyl adjacent to an activating group) is 1. The highest BCUT2D eigenvalue weighted by Gasteiger charge is 2.04. The average molecular weight is 269 g/mol. The summed E-state index contributed by atoms with van der Waals surface area (Å²) in [5.41, 5.74) is 1.20. The number of nitrogens with one attached hydrogen (secondary N) is 1. The molecule has 1 N–H and O–H groups in total. The highest BCUT2D eigenvalue weighted by molar-refractivity contribution is 7.09. The molecule has 1 aromatic rings. The zero-order valence-electron chi connectivity index (χ0n) is 12.0. The molecule has 0 amide bonds. The Kier molecular flexibility index (Phi) is 8.22. The van der Waals surface area contributed by atoms with Crippen LogP contribution in [0.5, 0.6) is 0 Å². The second-order valence-electron chi connectivity index (χ2n) is 4.54.